The molecule has 0 atom stereocenters. The van der Waals surface area contributed by atoms with Gasteiger partial charge in [-0.3, -0.25) is 4.98 Å². The molecule has 0 saturated heterocycles. The molecule has 17 heavy (non-hydrogen) atoms. The van der Waals surface area contributed by atoms with Crippen LogP contribution < -0.4 is 4.74 Å². The Balaban J connectivity index is 3.29. The largest absolute Gasteiger partial charge is 0.573 e. The lowest BCUT2D eigenvalue weighted by atomic mass is 10.2. The van der Waals surface area contributed by atoms with Gasteiger partial charge < -0.3 is 4.74 Å². The zero-order valence-electron chi connectivity index (χ0n) is 8.18. The van der Waals surface area contributed by atoms with E-state index in [2.05, 4.69) is 9.72 Å². The fourth-order valence-corrected chi connectivity index (χ4v) is 1.64. The summed E-state index contributed by atoms with van der Waals surface area (Å²) in [5, 5.41) is 8.45. The van der Waals surface area contributed by atoms with Crippen molar-refractivity contribution in [3.63, 3.8) is 0 Å². The molecule has 1 aromatic rings. The second-order valence-electron chi connectivity index (χ2n) is 2.88. The third kappa shape index (κ3) is 3.69. The molecule has 1 rings (SSSR count). The quantitative estimate of drug-likeness (QED) is 0.615. The maximum atomic E-state index is 12.7. The molecule has 0 amide bonds. The molecular weight excluding hydrogens is 355 g/mol. The van der Waals surface area contributed by atoms with Gasteiger partial charge in [0.2, 0.25) is 0 Å². The van der Waals surface area contributed by atoms with Gasteiger partial charge >= 0.3 is 6.36 Å². The fraction of sp³-hybridized carbons (Fsp3) is 0.333. The van der Waals surface area contributed by atoms with Gasteiger partial charge in [-0.1, -0.05) is 0 Å². The molecule has 0 aliphatic rings. The molecule has 0 aliphatic heterocycles. The molecule has 8 heteroatoms. The summed E-state index contributed by atoms with van der Waals surface area (Å²) in [5.41, 5.74) is -0.471. The van der Waals surface area contributed by atoms with Crippen molar-refractivity contribution in [2.24, 2.45) is 0 Å². The fourth-order valence-electron chi connectivity index (χ4n) is 1.12. The Morgan fingerprint density at radius 2 is 2.12 bits per heavy atom. The van der Waals surface area contributed by atoms with Crippen LogP contribution in [0.4, 0.5) is 17.6 Å². The second kappa shape index (κ2) is 5.48. The average Bonchev–Trinajstić information content (AvgIpc) is 2.21. The van der Waals surface area contributed by atoms with Crippen LogP contribution in [0, 0.1) is 14.9 Å². The van der Waals surface area contributed by atoms with Crippen LogP contribution in [-0.2, 0) is 13.1 Å². The molecule has 3 nitrogen and oxygen atoms in total. The lowest BCUT2D eigenvalue weighted by molar-refractivity contribution is -0.275. The average molecular weight is 360 g/mol. The topological polar surface area (TPSA) is 45.9 Å². The molecule has 0 unspecified atom stereocenters. The number of hydrogen-bond acceptors (Lipinski definition) is 3. The predicted octanol–water partition coefficient (Wildman–Crippen LogP) is 3.12. The van der Waals surface area contributed by atoms with E-state index in [4.69, 9.17) is 5.26 Å². The summed E-state index contributed by atoms with van der Waals surface area (Å²) in [5.74, 6) is -0.714. The van der Waals surface area contributed by atoms with Crippen LogP contribution >= 0.6 is 22.6 Å². The Kier molecular flexibility index (Phi) is 4.50. The molecule has 0 bridgehead atoms. The minimum atomic E-state index is -4.94. The summed E-state index contributed by atoms with van der Waals surface area (Å²) in [6.07, 6.45) is -4.12. The first-order valence-electron chi connectivity index (χ1n) is 4.24. The van der Waals surface area contributed by atoms with E-state index in [9.17, 15) is 17.6 Å². The van der Waals surface area contributed by atoms with Gasteiger partial charge in [-0.15, -0.1) is 13.2 Å². The summed E-state index contributed by atoms with van der Waals surface area (Å²) in [4.78, 5) is 3.64. The van der Waals surface area contributed by atoms with E-state index < -0.39 is 18.8 Å². The van der Waals surface area contributed by atoms with Gasteiger partial charge in [-0.2, -0.15) is 5.26 Å². The van der Waals surface area contributed by atoms with Crippen molar-refractivity contribution in [3.05, 3.63) is 21.0 Å². The number of halogens is 5. The molecule has 0 fully saturated rings. The van der Waals surface area contributed by atoms with Gasteiger partial charge in [0, 0.05) is 15.3 Å². The molecule has 0 N–H and O–H groups in total. The van der Waals surface area contributed by atoms with E-state index in [-0.39, 0.29) is 21.2 Å². The van der Waals surface area contributed by atoms with Gasteiger partial charge in [0.15, 0.2) is 5.75 Å². The van der Waals surface area contributed by atoms with E-state index in [1.807, 2.05) is 0 Å². The molecule has 0 spiro atoms. The second-order valence-corrected chi connectivity index (χ2v) is 4.04. The Bertz CT molecular complexity index is 456. The predicted molar refractivity (Wildman–Crippen MR) is 57.8 cm³/mol. The summed E-state index contributed by atoms with van der Waals surface area (Å²) in [7, 11) is 0. The van der Waals surface area contributed by atoms with Crippen LogP contribution in [0.2, 0.25) is 0 Å². The van der Waals surface area contributed by atoms with Crippen molar-refractivity contribution in [2.45, 2.75) is 19.5 Å². The maximum absolute atomic E-state index is 12.7. The summed E-state index contributed by atoms with van der Waals surface area (Å²) < 4.78 is 53.1. The van der Waals surface area contributed by atoms with E-state index in [0.29, 0.717) is 0 Å². The highest BCUT2D eigenvalue weighted by Gasteiger charge is 2.34. The Morgan fingerprint density at radius 1 is 1.47 bits per heavy atom. The van der Waals surface area contributed by atoms with Crippen LogP contribution in [0.25, 0.3) is 0 Å². The van der Waals surface area contributed by atoms with Crippen molar-refractivity contribution >= 4 is 22.6 Å². The van der Waals surface area contributed by atoms with Crippen molar-refractivity contribution in [3.8, 4) is 11.8 Å². The van der Waals surface area contributed by atoms with Gasteiger partial charge in [0.25, 0.3) is 0 Å². The number of hydrogen-bond donors (Lipinski definition) is 0. The first-order chi connectivity index (χ1) is 7.89. The van der Waals surface area contributed by atoms with Crippen LogP contribution in [-0.4, -0.2) is 11.3 Å². The number of nitrogens with zero attached hydrogens (tertiary/aromatic N) is 2. The molecule has 0 aliphatic carbocycles. The zero-order valence-corrected chi connectivity index (χ0v) is 10.3. The zero-order chi connectivity index (χ0) is 13.1. The highest BCUT2D eigenvalue weighted by molar-refractivity contribution is 14.1. The standard InChI is InChI=1S/C9H5F4IN2O/c10-3-5-6(14)4-16-7(1-2-15)8(5)17-9(11,12)13/h4H,1,3H2. The molecule has 0 aromatic carbocycles. The van der Waals surface area contributed by atoms with Crippen molar-refractivity contribution in [1.29, 1.82) is 5.26 Å². The molecule has 0 saturated carbocycles. The first kappa shape index (κ1) is 14.0. The summed E-state index contributed by atoms with van der Waals surface area (Å²) >= 11 is 1.65. The van der Waals surface area contributed by atoms with E-state index in [0.717, 1.165) is 0 Å². The maximum Gasteiger partial charge on any atom is 0.573 e. The lowest BCUT2D eigenvalue weighted by Gasteiger charge is -2.15. The minimum Gasteiger partial charge on any atom is -0.403 e. The van der Waals surface area contributed by atoms with Crippen LogP contribution in [0.3, 0.4) is 0 Å². The monoisotopic (exact) mass is 360 g/mol. The Labute approximate surface area is 108 Å². The SMILES string of the molecule is N#CCc1ncc(I)c(CF)c1OC(F)(F)F. The number of nitriles is 1. The smallest absolute Gasteiger partial charge is 0.403 e. The highest BCUT2D eigenvalue weighted by Crippen LogP contribution is 2.32. The van der Waals surface area contributed by atoms with E-state index >= 15 is 0 Å². The molecule has 92 valence electrons. The van der Waals surface area contributed by atoms with Crippen LogP contribution in [0.5, 0.6) is 5.75 Å². The number of pyridine rings is 1. The molecule has 1 aromatic heterocycles. The van der Waals surface area contributed by atoms with Gasteiger partial charge in [-0.05, 0) is 22.6 Å². The highest BCUT2D eigenvalue weighted by atomic mass is 127. The van der Waals surface area contributed by atoms with Crippen LogP contribution in [0.1, 0.15) is 11.3 Å². The van der Waals surface area contributed by atoms with E-state index in [1.165, 1.54) is 6.20 Å². The van der Waals surface area contributed by atoms with Crippen molar-refractivity contribution < 1.29 is 22.3 Å². The molecule has 1 heterocycles. The number of aromatic nitrogens is 1. The van der Waals surface area contributed by atoms with Gasteiger partial charge in [0.1, 0.15) is 6.67 Å². The van der Waals surface area contributed by atoms with E-state index in [1.54, 1.807) is 28.7 Å². The Morgan fingerprint density at radius 3 is 2.59 bits per heavy atom. The molecule has 0 radical (unpaired) electrons. The van der Waals surface area contributed by atoms with Gasteiger partial charge in [0.05, 0.1) is 18.2 Å². The number of ether oxygens (including phenoxy) is 1. The first-order valence-corrected chi connectivity index (χ1v) is 5.31. The number of rotatable bonds is 3. The Hall–Kier alpha value is -1.11. The van der Waals surface area contributed by atoms with Crippen molar-refractivity contribution in [1.82, 2.24) is 4.98 Å². The molecular formula is C9H5F4IN2O. The van der Waals surface area contributed by atoms with Crippen molar-refractivity contribution in [2.75, 3.05) is 0 Å². The number of alkyl halides is 4. The third-order valence-corrected chi connectivity index (χ3v) is 2.69. The van der Waals surface area contributed by atoms with Crippen LogP contribution in [0.15, 0.2) is 6.20 Å². The normalized spacial score (nSPS) is 11.1. The van der Waals surface area contributed by atoms with Gasteiger partial charge in [-0.25, -0.2) is 4.39 Å². The summed E-state index contributed by atoms with van der Waals surface area (Å²) in [6.45, 7) is -1.12. The summed E-state index contributed by atoms with van der Waals surface area (Å²) in [6, 6.07) is 1.65. The minimum absolute atomic E-state index is 0.214. The lowest BCUT2D eigenvalue weighted by Crippen LogP contribution is -2.20. The third-order valence-electron chi connectivity index (χ3n) is 1.76.